The first-order chi connectivity index (χ1) is 11.1. The zero-order valence-electron chi connectivity index (χ0n) is 14.9. The Kier molecular flexibility index (Phi) is 9.37. The molecule has 136 valence electrons. The maximum Gasteiger partial charge on any atom is 0.328 e. The van der Waals surface area contributed by atoms with Crippen LogP contribution in [-0.4, -0.2) is 50.1 Å². The molecule has 2 amide bonds. The lowest BCUT2D eigenvalue weighted by Crippen LogP contribution is -2.45. The van der Waals surface area contributed by atoms with E-state index in [1.54, 1.807) is 27.7 Å². The molecule has 0 bridgehead atoms. The first-order valence-electron chi connectivity index (χ1n) is 7.58. The Labute approximate surface area is 141 Å². The molecule has 0 rings (SSSR count). The summed E-state index contributed by atoms with van der Waals surface area (Å²) in [5.41, 5.74) is 0. The predicted octanol–water partition coefficient (Wildman–Crippen LogP) is 0.170. The van der Waals surface area contributed by atoms with Crippen molar-refractivity contribution in [2.45, 2.75) is 39.8 Å². The van der Waals surface area contributed by atoms with Crippen molar-refractivity contribution in [2.24, 2.45) is 11.8 Å². The van der Waals surface area contributed by atoms with Crippen molar-refractivity contribution in [3.8, 4) is 0 Å². The van der Waals surface area contributed by atoms with Crippen molar-refractivity contribution in [1.29, 1.82) is 0 Å². The minimum atomic E-state index is -0.811. The molecule has 8 heteroatoms. The van der Waals surface area contributed by atoms with E-state index < -0.39 is 35.8 Å². The molecule has 0 heterocycles. The monoisotopic (exact) mass is 342 g/mol. The van der Waals surface area contributed by atoms with Gasteiger partial charge in [0.2, 0.25) is 11.8 Å². The van der Waals surface area contributed by atoms with Crippen molar-refractivity contribution in [2.75, 3.05) is 14.2 Å². The van der Waals surface area contributed by atoms with Crippen LogP contribution in [0, 0.1) is 11.8 Å². The molecule has 0 radical (unpaired) electrons. The fraction of sp³-hybridized carbons (Fsp3) is 0.625. The number of esters is 2. The van der Waals surface area contributed by atoms with E-state index in [1.807, 2.05) is 0 Å². The van der Waals surface area contributed by atoms with Gasteiger partial charge in [0.25, 0.3) is 0 Å². The van der Waals surface area contributed by atoms with Gasteiger partial charge < -0.3 is 20.1 Å². The Balaban J connectivity index is 4.76. The fourth-order valence-corrected chi connectivity index (χ4v) is 1.80. The second kappa shape index (κ2) is 10.4. The summed E-state index contributed by atoms with van der Waals surface area (Å²) in [4.78, 5) is 46.8. The molecule has 8 nitrogen and oxygen atoms in total. The van der Waals surface area contributed by atoms with E-state index in [0.29, 0.717) is 0 Å². The number of hydrogen-bond donors (Lipinski definition) is 2. The van der Waals surface area contributed by atoms with Crippen LogP contribution in [0.1, 0.15) is 27.7 Å². The Morgan fingerprint density at radius 2 is 1.00 bits per heavy atom. The molecule has 2 N–H and O–H groups in total. The van der Waals surface area contributed by atoms with Crippen LogP contribution < -0.4 is 10.6 Å². The van der Waals surface area contributed by atoms with Crippen LogP contribution in [0.3, 0.4) is 0 Å². The van der Waals surface area contributed by atoms with Crippen molar-refractivity contribution in [3.05, 3.63) is 12.2 Å². The molecular formula is C16H26N2O6. The molecule has 2 atom stereocenters. The van der Waals surface area contributed by atoms with Gasteiger partial charge in [-0.15, -0.1) is 0 Å². The van der Waals surface area contributed by atoms with Crippen LogP contribution in [-0.2, 0) is 28.7 Å². The molecule has 0 aliphatic rings. The summed E-state index contributed by atoms with van der Waals surface area (Å²) in [7, 11) is 2.46. The molecule has 0 aliphatic carbocycles. The molecule has 0 unspecified atom stereocenters. The van der Waals surface area contributed by atoms with Gasteiger partial charge in [0, 0.05) is 12.2 Å². The lowest BCUT2D eigenvalue weighted by atomic mass is 10.0. The summed E-state index contributed by atoms with van der Waals surface area (Å²) in [6.45, 7) is 7.01. The summed E-state index contributed by atoms with van der Waals surface area (Å²) < 4.78 is 9.22. The highest BCUT2D eigenvalue weighted by Gasteiger charge is 2.25. The Bertz CT molecular complexity index is 455. The number of amides is 2. The van der Waals surface area contributed by atoms with Crippen molar-refractivity contribution >= 4 is 23.8 Å². The van der Waals surface area contributed by atoms with Crippen LogP contribution in [0.4, 0.5) is 0 Å². The Morgan fingerprint density at radius 1 is 0.708 bits per heavy atom. The van der Waals surface area contributed by atoms with E-state index in [4.69, 9.17) is 0 Å². The number of nitrogens with one attached hydrogen (secondary N) is 2. The quantitative estimate of drug-likeness (QED) is 0.480. The predicted molar refractivity (Wildman–Crippen MR) is 86.7 cm³/mol. The highest BCUT2D eigenvalue weighted by Crippen LogP contribution is 2.04. The standard InChI is InChI=1S/C16H26N2O6/c1-9(2)13(15(21)23-5)17-11(19)7-8-12(20)18-14(10(3)4)16(22)24-6/h7-10,13-14H,1-6H3,(H,17,19)(H,18,20)/b8-7+/t13-,14-/m0/s1. The molecule has 0 fully saturated rings. The molecule has 0 saturated carbocycles. The highest BCUT2D eigenvalue weighted by atomic mass is 16.5. The van der Waals surface area contributed by atoms with Gasteiger partial charge in [0.1, 0.15) is 12.1 Å². The van der Waals surface area contributed by atoms with E-state index in [2.05, 4.69) is 20.1 Å². The van der Waals surface area contributed by atoms with Gasteiger partial charge >= 0.3 is 11.9 Å². The third kappa shape index (κ3) is 7.26. The first kappa shape index (κ1) is 21.6. The van der Waals surface area contributed by atoms with E-state index in [9.17, 15) is 19.2 Å². The van der Waals surface area contributed by atoms with Gasteiger partial charge in [0.05, 0.1) is 14.2 Å². The lowest BCUT2D eigenvalue weighted by Gasteiger charge is -2.19. The van der Waals surface area contributed by atoms with E-state index in [1.165, 1.54) is 14.2 Å². The smallest absolute Gasteiger partial charge is 0.328 e. The lowest BCUT2D eigenvalue weighted by molar-refractivity contribution is -0.146. The molecule has 0 aromatic heterocycles. The summed E-state index contributed by atoms with van der Waals surface area (Å²) >= 11 is 0. The minimum Gasteiger partial charge on any atom is -0.467 e. The summed E-state index contributed by atoms with van der Waals surface area (Å²) in [5.74, 6) is -2.72. The van der Waals surface area contributed by atoms with Crippen LogP contribution in [0.15, 0.2) is 12.2 Å². The number of methoxy groups -OCH3 is 2. The molecule has 0 aliphatic heterocycles. The number of carbonyl (C=O) groups is 4. The number of ether oxygens (including phenoxy) is 2. The molecule has 24 heavy (non-hydrogen) atoms. The fourth-order valence-electron chi connectivity index (χ4n) is 1.80. The molecule has 0 aromatic rings. The van der Waals surface area contributed by atoms with Gasteiger partial charge in [-0.2, -0.15) is 0 Å². The van der Waals surface area contributed by atoms with Crippen LogP contribution >= 0.6 is 0 Å². The molecule has 0 spiro atoms. The summed E-state index contributed by atoms with van der Waals surface area (Å²) in [6, 6.07) is -1.62. The SMILES string of the molecule is COC(=O)[C@@H](NC(=O)/C=C/C(=O)N[C@H](C(=O)OC)C(C)C)C(C)C. The van der Waals surface area contributed by atoms with E-state index in [0.717, 1.165) is 12.2 Å². The number of carbonyl (C=O) groups excluding carboxylic acids is 4. The van der Waals surface area contributed by atoms with E-state index in [-0.39, 0.29) is 11.8 Å². The van der Waals surface area contributed by atoms with Crippen molar-refractivity contribution in [1.82, 2.24) is 10.6 Å². The number of hydrogen-bond acceptors (Lipinski definition) is 6. The second-order valence-corrected chi connectivity index (χ2v) is 5.84. The van der Waals surface area contributed by atoms with Crippen molar-refractivity contribution in [3.63, 3.8) is 0 Å². The van der Waals surface area contributed by atoms with Gasteiger partial charge in [-0.3, -0.25) is 9.59 Å². The largest absolute Gasteiger partial charge is 0.467 e. The Hall–Kier alpha value is -2.38. The average Bonchev–Trinajstić information content (AvgIpc) is 2.53. The highest BCUT2D eigenvalue weighted by molar-refractivity contribution is 5.99. The maximum absolute atomic E-state index is 11.8. The van der Waals surface area contributed by atoms with Crippen molar-refractivity contribution < 1.29 is 28.7 Å². The van der Waals surface area contributed by atoms with Crippen LogP contribution in [0.25, 0.3) is 0 Å². The summed E-state index contributed by atoms with van der Waals surface area (Å²) in [6.07, 6.45) is 1.98. The Morgan fingerprint density at radius 3 is 1.21 bits per heavy atom. The minimum absolute atomic E-state index is 0.173. The average molecular weight is 342 g/mol. The van der Waals surface area contributed by atoms with Gasteiger partial charge in [-0.25, -0.2) is 9.59 Å². The molecule has 0 aromatic carbocycles. The van der Waals surface area contributed by atoms with Crippen LogP contribution in [0.2, 0.25) is 0 Å². The van der Waals surface area contributed by atoms with E-state index >= 15 is 0 Å². The molecular weight excluding hydrogens is 316 g/mol. The molecule has 0 saturated heterocycles. The zero-order chi connectivity index (χ0) is 18.9. The van der Waals surface area contributed by atoms with Gasteiger partial charge in [0.15, 0.2) is 0 Å². The van der Waals surface area contributed by atoms with Crippen LogP contribution in [0.5, 0.6) is 0 Å². The normalized spacial score (nSPS) is 13.5. The van der Waals surface area contributed by atoms with Gasteiger partial charge in [-0.05, 0) is 11.8 Å². The second-order valence-electron chi connectivity index (χ2n) is 5.84. The first-order valence-corrected chi connectivity index (χ1v) is 7.58. The number of rotatable bonds is 8. The topological polar surface area (TPSA) is 111 Å². The third-order valence-electron chi connectivity index (χ3n) is 3.23. The zero-order valence-corrected chi connectivity index (χ0v) is 14.9. The third-order valence-corrected chi connectivity index (χ3v) is 3.23. The maximum atomic E-state index is 11.8. The van der Waals surface area contributed by atoms with Gasteiger partial charge in [-0.1, -0.05) is 27.7 Å². The summed E-state index contributed by atoms with van der Waals surface area (Å²) in [5, 5.41) is 4.92.